The minimum Gasteiger partial charge on any atom is -0.726 e. The van der Waals surface area contributed by atoms with Crippen LogP contribution < -0.4 is 29.6 Å². The van der Waals surface area contributed by atoms with Crippen LogP contribution >= 0.6 is 0 Å². The number of rotatable bonds is 0. The van der Waals surface area contributed by atoms with E-state index in [4.69, 9.17) is 32.7 Å². The summed E-state index contributed by atoms with van der Waals surface area (Å²) >= 11 is 0. The largest absolute Gasteiger partial charge is 1.00 e. The van der Waals surface area contributed by atoms with Crippen LogP contribution in [0.5, 0.6) is 0 Å². The van der Waals surface area contributed by atoms with Gasteiger partial charge < -0.3 is 9.66 Å². The molecule has 0 rings (SSSR count). The second-order valence-corrected chi connectivity index (χ2v) is 1.64. The fourth-order valence-electron chi connectivity index (χ4n) is 0. The van der Waals surface area contributed by atoms with Crippen LogP contribution in [0, 0.1) is 0 Å². The van der Waals surface area contributed by atoms with Crippen LogP contribution in [-0.4, -0.2) is 34.0 Å². The zero-order chi connectivity index (χ0) is 8.78. The molecule has 62 valence electrons. The van der Waals surface area contributed by atoms with Crippen molar-refractivity contribution in [1.82, 2.24) is 0 Å². The molecule has 0 amide bonds. The van der Waals surface area contributed by atoms with Crippen molar-refractivity contribution in [3.8, 4) is 0 Å². The molecule has 8 nitrogen and oxygen atoms in total. The SMILES string of the molecule is O=C(O)OO.O=S(=O)([O-])O.[Na+]. The van der Waals surface area contributed by atoms with Gasteiger partial charge in [0.15, 0.2) is 0 Å². The molecule has 0 radical (unpaired) electrons. The molecular weight excluding hydrogens is 195 g/mol. The molecule has 0 fully saturated rings. The Morgan fingerprint density at radius 2 is 1.55 bits per heavy atom. The minimum absolute atomic E-state index is 0. The Labute approximate surface area is 83.6 Å². The first-order valence-corrected chi connectivity index (χ1v) is 2.86. The summed E-state index contributed by atoms with van der Waals surface area (Å²) in [5, 5.41) is 14.3. The maximum Gasteiger partial charge on any atom is 1.00 e. The standard InChI is InChI=1S/CH2O4.Na.H2O4S/c2-1(3)5-4;;1-5(2,3)4/h4H,(H,2,3);;(H2,1,2,3,4)/q;+1;/p-1. The fraction of sp³-hybridized carbons (Fsp3) is 0. The van der Waals surface area contributed by atoms with Crippen molar-refractivity contribution in [3.05, 3.63) is 0 Å². The van der Waals surface area contributed by atoms with Gasteiger partial charge in [-0.2, -0.15) is 5.26 Å². The van der Waals surface area contributed by atoms with Gasteiger partial charge in [-0.3, -0.25) is 9.44 Å². The van der Waals surface area contributed by atoms with Crippen LogP contribution in [-0.2, 0) is 15.3 Å². The molecule has 0 aromatic heterocycles. The van der Waals surface area contributed by atoms with Crippen molar-refractivity contribution < 1.29 is 67.1 Å². The van der Waals surface area contributed by atoms with E-state index in [1.165, 1.54) is 0 Å². The van der Waals surface area contributed by atoms with Gasteiger partial charge in [0.1, 0.15) is 0 Å². The average molecular weight is 198 g/mol. The van der Waals surface area contributed by atoms with Gasteiger partial charge >= 0.3 is 35.7 Å². The molecule has 0 aliphatic rings. The monoisotopic (exact) mass is 198 g/mol. The van der Waals surface area contributed by atoms with Crippen molar-refractivity contribution in [3.63, 3.8) is 0 Å². The van der Waals surface area contributed by atoms with Crippen LogP contribution in [0.1, 0.15) is 0 Å². The van der Waals surface area contributed by atoms with E-state index >= 15 is 0 Å². The normalized spacial score (nSPS) is 8.27. The molecule has 0 unspecified atom stereocenters. The molecule has 0 atom stereocenters. The van der Waals surface area contributed by atoms with Crippen molar-refractivity contribution >= 4 is 16.6 Å². The van der Waals surface area contributed by atoms with Crippen molar-refractivity contribution in [2.45, 2.75) is 0 Å². The van der Waals surface area contributed by atoms with Gasteiger partial charge in [0.25, 0.3) is 0 Å². The summed E-state index contributed by atoms with van der Waals surface area (Å²) in [6.45, 7) is 0. The summed E-state index contributed by atoms with van der Waals surface area (Å²) in [7, 11) is -4.92. The Morgan fingerprint density at radius 3 is 1.55 bits per heavy atom. The summed E-state index contributed by atoms with van der Waals surface area (Å²) in [5.41, 5.74) is 0. The Kier molecular flexibility index (Phi) is 12.9. The Morgan fingerprint density at radius 1 is 1.45 bits per heavy atom. The molecule has 11 heavy (non-hydrogen) atoms. The second-order valence-electron chi connectivity index (χ2n) is 0.785. The maximum atomic E-state index is 8.90. The van der Waals surface area contributed by atoms with Gasteiger partial charge in [0.05, 0.1) is 0 Å². The van der Waals surface area contributed by atoms with Crippen LogP contribution in [0.15, 0.2) is 0 Å². The molecular formula is CH3NaO8S. The molecule has 0 bridgehead atoms. The predicted molar refractivity (Wildman–Crippen MR) is 24.1 cm³/mol. The van der Waals surface area contributed by atoms with Crippen molar-refractivity contribution in [1.29, 1.82) is 0 Å². The number of carbonyl (C=O) groups is 1. The topological polar surface area (TPSA) is 144 Å². The first-order valence-electron chi connectivity index (χ1n) is 1.50. The number of carboxylic acid groups (broad SMARTS) is 1. The Bertz CT molecular complexity index is 172. The number of hydrogen-bond acceptors (Lipinski definition) is 6. The van der Waals surface area contributed by atoms with E-state index in [2.05, 4.69) is 4.89 Å². The molecule has 0 spiro atoms. The zero-order valence-electron chi connectivity index (χ0n) is 5.29. The Balaban J connectivity index is -0.000000107. The summed E-state index contributed by atoms with van der Waals surface area (Å²) in [4.78, 5) is 11.6. The van der Waals surface area contributed by atoms with E-state index in [1.54, 1.807) is 0 Å². The minimum atomic E-state index is -4.92. The molecule has 0 saturated heterocycles. The molecule has 0 aliphatic carbocycles. The third-order valence-corrected chi connectivity index (χ3v) is 0.0781. The van der Waals surface area contributed by atoms with E-state index in [0.717, 1.165) is 0 Å². The first-order chi connectivity index (χ1) is 4.27. The smallest absolute Gasteiger partial charge is 0.726 e. The van der Waals surface area contributed by atoms with E-state index < -0.39 is 16.6 Å². The zero-order valence-corrected chi connectivity index (χ0v) is 8.11. The average Bonchev–Trinajstić information content (AvgIpc) is 1.61. The van der Waals surface area contributed by atoms with Gasteiger partial charge in [-0.25, -0.2) is 13.2 Å². The van der Waals surface area contributed by atoms with Gasteiger partial charge in [-0.1, -0.05) is 0 Å². The van der Waals surface area contributed by atoms with Gasteiger partial charge in [-0.05, 0) is 0 Å². The van der Waals surface area contributed by atoms with E-state index in [1.807, 2.05) is 0 Å². The summed E-state index contributed by atoms with van der Waals surface area (Å²) < 4.78 is 32.8. The fourth-order valence-corrected chi connectivity index (χ4v) is 0. The second kappa shape index (κ2) is 8.20. The summed E-state index contributed by atoms with van der Waals surface area (Å²) in [5.74, 6) is 0. The predicted octanol–water partition coefficient (Wildman–Crippen LogP) is -3.84. The number of hydrogen-bond donors (Lipinski definition) is 3. The summed E-state index contributed by atoms with van der Waals surface area (Å²) in [6, 6.07) is 0. The Hall–Kier alpha value is 0.1000. The molecule has 0 heterocycles. The molecule has 3 N–H and O–H groups in total. The molecule has 0 aromatic rings. The third kappa shape index (κ3) is 150. The van der Waals surface area contributed by atoms with Gasteiger partial charge in [-0.15, -0.1) is 0 Å². The maximum absolute atomic E-state index is 8.90. The van der Waals surface area contributed by atoms with E-state index in [9.17, 15) is 0 Å². The van der Waals surface area contributed by atoms with Crippen LogP contribution in [0.4, 0.5) is 4.79 Å². The van der Waals surface area contributed by atoms with Crippen LogP contribution in [0.25, 0.3) is 0 Å². The molecule has 10 heteroatoms. The summed E-state index contributed by atoms with van der Waals surface area (Å²) in [6.07, 6.45) is -1.69. The van der Waals surface area contributed by atoms with E-state index in [-0.39, 0.29) is 29.6 Å². The molecule has 0 aliphatic heterocycles. The van der Waals surface area contributed by atoms with Crippen LogP contribution in [0.2, 0.25) is 0 Å². The van der Waals surface area contributed by atoms with Gasteiger partial charge in [0.2, 0.25) is 10.4 Å². The molecule has 0 aromatic carbocycles. The van der Waals surface area contributed by atoms with E-state index in [0.29, 0.717) is 0 Å². The third-order valence-electron chi connectivity index (χ3n) is 0.0781. The first kappa shape index (κ1) is 17.3. The van der Waals surface area contributed by atoms with Crippen molar-refractivity contribution in [2.24, 2.45) is 0 Å². The quantitative estimate of drug-likeness (QED) is 0.118. The van der Waals surface area contributed by atoms with Gasteiger partial charge in [0, 0.05) is 0 Å². The van der Waals surface area contributed by atoms with Crippen LogP contribution in [0.3, 0.4) is 0 Å². The van der Waals surface area contributed by atoms with Crippen molar-refractivity contribution in [2.75, 3.05) is 0 Å². The molecule has 0 saturated carbocycles.